The Kier molecular flexibility index (Phi) is 21.9. The van der Waals surface area contributed by atoms with Crippen LogP contribution in [-0.2, 0) is 38.2 Å². The summed E-state index contributed by atoms with van der Waals surface area (Å²) >= 11 is 0. The van der Waals surface area contributed by atoms with E-state index >= 15 is 0 Å². The molecule has 12 rings (SSSR count). The first kappa shape index (κ1) is 60.9. The second-order valence-electron chi connectivity index (χ2n) is 26.3. The molecule has 0 aromatic heterocycles. The molecule has 0 saturated heterocycles. The molecule has 2 N–H and O–H groups in total. The number of fused-ring (bicyclic) bond motifs is 12. The fourth-order valence-electron chi connectivity index (χ4n) is 16.8. The summed E-state index contributed by atoms with van der Waals surface area (Å²) in [6.07, 6.45) is 35.4. The van der Waals surface area contributed by atoms with Crippen molar-refractivity contribution in [2.75, 3.05) is 13.6 Å². The predicted octanol–water partition coefficient (Wildman–Crippen LogP) is 12.0. The monoisotopic (exact) mass is 1080 g/mol. The van der Waals surface area contributed by atoms with Crippen LogP contribution in [0.3, 0.4) is 0 Å². The molecule has 0 aliphatic heterocycles. The van der Waals surface area contributed by atoms with Gasteiger partial charge in [-0.25, -0.2) is 9.59 Å². The lowest BCUT2D eigenvalue weighted by Crippen LogP contribution is -2.43. The number of likely N-dealkylation sites (N-methyl/N-ethyl adjacent to an activating group) is 2. The Morgan fingerprint density at radius 1 is 0.474 bits per heavy atom. The molecule has 0 heterocycles. The van der Waals surface area contributed by atoms with Gasteiger partial charge in [-0.2, -0.15) is 0 Å². The smallest absolute Gasteiger partial charge is 0.333 e. The first-order valence-electron chi connectivity index (χ1n) is 30.7. The van der Waals surface area contributed by atoms with Gasteiger partial charge in [-0.05, 0) is 239 Å². The molecule has 18 atom stereocenters. The van der Waals surface area contributed by atoms with Crippen LogP contribution < -0.4 is 10.6 Å². The standard InChI is InChI=1S/C13H21NO.2C11H17NO.C11H16O2.C10H15NO.C10H14O2/c1-4-14(13(15)9(2)3)12-8-10-5-6-11(12)7-10;1-7(2)11(13)12-10-6-8-3-4-9(10)5-8;1-3-11(13)12(2)10-7-8-4-5-9(10)6-8;1-7(2)11(12)13-10-6-8-3-4-9(10)5-8;1-2-10(12)11-9-6-7-3-4-8(9)5-7;1-2-10(11)12-9-6-7-3-4-8(9)5-7/h10-12H,2,4-8H2,1,3H3;8-10H,1,3-6H2,2H3,(H,12,13);3,8-10H,1,4-7H2,2H3;8-10H,1,3-6H2,2H3;2,7-9H,1,3-6H2,(H,11,12);2,7-9H,1,3-6H2. The molecule has 0 radical (unpaired) electrons. The minimum Gasteiger partial charge on any atom is -0.459 e. The fraction of sp³-hybridized carbons (Fsp3) is 0.727. The third-order valence-electron chi connectivity index (χ3n) is 20.9. The number of rotatable bonds is 13. The van der Waals surface area contributed by atoms with Gasteiger partial charge < -0.3 is 29.9 Å². The molecule has 12 fully saturated rings. The van der Waals surface area contributed by atoms with Crippen LogP contribution in [0.4, 0.5) is 0 Å². The summed E-state index contributed by atoms with van der Waals surface area (Å²) in [4.78, 5) is 71.8. The maximum absolute atomic E-state index is 12.0. The Bertz CT molecular complexity index is 2120. The number of nitrogens with one attached hydrogen (secondary N) is 2. The van der Waals surface area contributed by atoms with Gasteiger partial charge in [0.05, 0.1) is 0 Å². The number of amides is 4. The number of ether oxygens (including phenoxy) is 2. The third kappa shape index (κ3) is 15.8. The Morgan fingerprint density at radius 2 is 0.897 bits per heavy atom. The van der Waals surface area contributed by atoms with Crippen LogP contribution in [0.15, 0.2) is 74.4 Å². The predicted molar refractivity (Wildman–Crippen MR) is 309 cm³/mol. The van der Waals surface area contributed by atoms with Crippen molar-refractivity contribution in [3.8, 4) is 0 Å². The van der Waals surface area contributed by atoms with Crippen molar-refractivity contribution in [1.29, 1.82) is 0 Å². The van der Waals surface area contributed by atoms with Gasteiger partial charge in [-0.15, -0.1) is 0 Å². The molecule has 0 spiro atoms. The molecule has 432 valence electrons. The summed E-state index contributed by atoms with van der Waals surface area (Å²) in [5.41, 5.74) is 1.82. The van der Waals surface area contributed by atoms with E-state index in [2.05, 4.69) is 57.0 Å². The van der Waals surface area contributed by atoms with Crippen LogP contribution in [0.2, 0.25) is 0 Å². The number of hydrogen-bond acceptors (Lipinski definition) is 8. The topological polar surface area (TPSA) is 151 Å². The summed E-state index contributed by atoms with van der Waals surface area (Å²) in [6.45, 7) is 29.6. The molecule has 12 nitrogen and oxygen atoms in total. The van der Waals surface area contributed by atoms with E-state index in [1.54, 1.807) is 13.8 Å². The molecule has 12 saturated carbocycles. The van der Waals surface area contributed by atoms with Gasteiger partial charge in [-0.1, -0.05) is 65.2 Å². The average Bonchev–Trinajstić information content (AvgIpc) is 4.28. The minimum atomic E-state index is -0.257. The zero-order chi connectivity index (χ0) is 56.4. The van der Waals surface area contributed by atoms with Crippen molar-refractivity contribution in [2.45, 2.75) is 218 Å². The normalized spacial score (nSPS) is 36.2. The maximum Gasteiger partial charge on any atom is 0.333 e. The summed E-state index contributed by atoms with van der Waals surface area (Å²) < 4.78 is 10.6. The zero-order valence-electron chi connectivity index (χ0n) is 48.7. The van der Waals surface area contributed by atoms with Crippen LogP contribution in [0.1, 0.15) is 182 Å². The highest BCUT2D eigenvalue weighted by atomic mass is 16.5. The Morgan fingerprint density at radius 3 is 1.23 bits per heavy atom. The van der Waals surface area contributed by atoms with Crippen molar-refractivity contribution in [1.82, 2.24) is 20.4 Å². The van der Waals surface area contributed by atoms with Crippen LogP contribution in [0.5, 0.6) is 0 Å². The average molecular weight is 1080 g/mol. The molecule has 18 unspecified atom stereocenters. The van der Waals surface area contributed by atoms with E-state index < -0.39 is 0 Å². The molecule has 12 aliphatic rings. The van der Waals surface area contributed by atoms with Gasteiger partial charge in [0.25, 0.3) is 0 Å². The molecule has 12 heteroatoms. The highest BCUT2D eigenvalue weighted by molar-refractivity contribution is 5.93. The fourth-order valence-corrected chi connectivity index (χ4v) is 16.8. The van der Waals surface area contributed by atoms with Gasteiger partial charge >= 0.3 is 11.9 Å². The van der Waals surface area contributed by atoms with E-state index in [-0.39, 0.29) is 47.8 Å². The molecule has 78 heavy (non-hydrogen) atoms. The van der Waals surface area contributed by atoms with Gasteiger partial charge in [0.15, 0.2) is 0 Å². The van der Waals surface area contributed by atoms with E-state index in [0.29, 0.717) is 52.7 Å². The molecule has 0 aromatic rings. The highest BCUT2D eigenvalue weighted by Gasteiger charge is 2.46. The largest absolute Gasteiger partial charge is 0.459 e. The Labute approximate surface area is 469 Å². The summed E-state index contributed by atoms with van der Waals surface area (Å²) in [6, 6.07) is 1.92. The van der Waals surface area contributed by atoms with Gasteiger partial charge in [0.1, 0.15) is 12.2 Å². The van der Waals surface area contributed by atoms with Crippen molar-refractivity contribution in [2.24, 2.45) is 71.0 Å². The van der Waals surface area contributed by atoms with Crippen LogP contribution >= 0.6 is 0 Å². The van der Waals surface area contributed by atoms with Crippen molar-refractivity contribution in [3.63, 3.8) is 0 Å². The first-order valence-corrected chi connectivity index (χ1v) is 30.7. The van der Waals surface area contributed by atoms with Crippen molar-refractivity contribution >= 4 is 35.6 Å². The second-order valence-corrected chi connectivity index (χ2v) is 26.3. The van der Waals surface area contributed by atoms with Crippen LogP contribution in [0, 0.1) is 71.0 Å². The number of carbonyl (C=O) groups is 6. The maximum atomic E-state index is 12.0. The van der Waals surface area contributed by atoms with Gasteiger partial charge in [-0.3, -0.25) is 19.2 Å². The minimum absolute atomic E-state index is 0.00690. The first-order chi connectivity index (χ1) is 37.3. The van der Waals surface area contributed by atoms with E-state index in [4.69, 9.17) is 9.47 Å². The van der Waals surface area contributed by atoms with Crippen molar-refractivity contribution < 1.29 is 38.2 Å². The molecule has 4 amide bonds. The number of hydrogen-bond donors (Lipinski definition) is 2. The third-order valence-corrected chi connectivity index (χ3v) is 20.9. The molecule has 12 aliphatic carbocycles. The molecule has 12 bridgehead atoms. The van der Waals surface area contributed by atoms with E-state index in [0.717, 1.165) is 78.6 Å². The number of carbonyl (C=O) groups excluding carboxylic acids is 6. The van der Waals surface area contributed by atoms with Gasteiger partial charge in [0.2, 0.25) is 23.6 Å². The Hall–Kier alpha value is -4.74. The van der Waals surface area contributed by atoms with E-state index in [1.807, 2.05) is 23.8 Å². The van der Waals surface area contributed by atoms with E-state index in [9.17, 15) is 28.8 Å². The lowest BCUT2D eigenvalue weighted by atomic mass is 9.93. The van der Waals surface area contributed by atoms with Crippen LogP contribution in [-0.4, -0.2) is 95.3 Å². The lowest BCUT2D eigenvalue weighted by molar-refractivity contribution is -0.147. The SMILES string of the molecule is C=C(C)C(=O)N(CC)C1CC2CCC1C2.C=C(C)C(=O)NC1CC2CCC1C2.C=C(C)C(=O)OC1CC2CCC1C2.C=CC(=O)N(C)C1CC2CCC1C2.C=CC(=O)NC1CC2CCC1C2.C=CC(=O)OC1CC2CCC1C2. The van der Waals surface area contributed by atoms with E-state index in [1.165, 1.54) is 159 Å². The molecular weight excluding hydrogens is 977 g/mol. The highest BCUT2D eigenvalue weighted by Crippen LogP contribution is 2.50. The number of esters is 2. The van der Waals surface area contributed by atoms with Crippen LogP contribution in [0.25, 0.3) is 0 Å². The summed E-state index contributed by atoms with van der Waals surface area (Å²) in [5, 5.41) is 6.07. The van der Waals surface area contributed by atoms with Crippen molar-refractivity contribution in [3.05, 3.63) is 74.4 Å². The second kappa shape index (κ2) is 28.1. The molecule has 0 aromatic carbocycles. The summed E-state index contributed by atoms with van der Waals surface area (Å²) in [7, 11) is 1.91. The number of nitrogens with zero attached hydrogens (tertiary/aromatic N) is 2. The lowest BCUT2D eigenvalue weighted by Gasteiger charge is -2.34. The zero-order valence-corrected chi connectivity index (χ0v) is 48.7. The van der Waals surface area contributed by atoms with Gasteiger partial charge in [0, 0.05) is 60.6 Å². The Balaban J connectivity index is 0.000000136. The summed E-state index contributed by atoms with van der Waals surface area (Å²) in [5.74, 6) is 9.41. The molecular formula is C66H100N4O8. The quantitative estimate of drug-likeness (QED) is 0.137.